The number of carbonyl (C=O) groups is 6. The van der Waals surface area contributed by atoms with Gasteiger partial charge in [0.05, 0.1) is 47.9 Å². The number of hydrazine groups is 1. The highest BCUT2D eigenvalue weighted by atomic mass is 32.2. The number of aliphatic carboxylic acids is 1. The highest BCUT2D eigenvalue weighted by Crippen LogP contribution is 2.42. The number of carbonyl (C=O) groups excluding carboxylic acids is 5. The van der Waals surface area contributed by atoms with Crippen LogP contribution in [0.1, 0.15) is 112 Å². The Morgan fingerprint density at radius 2 is 1.60 bits per heavy atom. The van der Waals surface area contributed by atoms with Gasteiger partial charge >= 0.3 is 11.9 Å². The maximum Gasteiger partial charge on any atom is 0.343 e. The van der Waals surface area contributed by atoms with E-state index in [9.17, 15) is 77.2 Å². The van der Waals surface area contributed by atoms with Crippen molar-refractivity contribution in [1.82, 2.24) is 45.0 Å². The van der Waals surface area contributed by atoms with Gasteiger partial charge in [0, 0.05) is 84.4 Å². The van der Waals surface area contributed by atoms with Gasteiger partial charge in [0.15, 0.2) is 11.7 Å². The second-order valence-corrected chi connectivity index (χ2v) is 27.6. The number of aryl methyl sites for hydroxylation is 2. The fourth-order valence-corrected chi connectivity index (χ4v) is 13.8. The molecule has 4 amide bonds. The van der Waals surface area contributed by atoms with Crippen LogP contribution in [0.3, 0.4) is 0 Å². The number of carboxylic acid groups (broad SMARTS) is 1. The van der Waals surface area contributed by atoms with Crippen LogP contribution < -0.4 is 31.6 Å². The van der Waals surface area contributed by atoms with Crippen LogP contribution in [0.25, 0.3) is 33.2 Å². The molecule has 0 radical (unpaired) electrons. The first-order valence-corrected chi connectivity index (χ1v) is 33.9. The molecule has 0 spiro atoms. The summed E-state index contributed by atoms with van der Waals surface area (Å²) < 4.78 is 60.9. The summed E-state index contributed by atoms with van der Waals surface area (Å²) in [5, 5.41) is 81.3. The van der Waals surface area contributed by atoms with Crippen molar-refractivity contribution in [2.24, 2.45) is 5.92 Å². The van der Waals surface area contributed by atoms with Crippen LogP contribution in [0, 0.1) is 12.8 Å². The number of esters is 1. The molecule has 31 heteroatoms. The zero-order chi connectivity index (χ0) is 71.3. The maximum absolute atomic E-state index is 14.1. The molecule has 3 aromatic heterocycles. The molecule has 4 aliphatic heterocycles. The molecule has 98 heavy (non-hydrogen) atoms. The number of cyclic esters (lactones) is 1. The molecule has 11 atom stereocenters. The standard InChI is InChI=1S/C67H84N10O20S/c1-11-67(90)43-26-48-54-41(27-77(48)62(85)42(43)30-94-65(67)88)38(39-14-12-13-15-44(39)70-54)20-22-75(33(4)5)66(89)95-29-37-17-18-45(50(25-37)96-64-57(81)55(79)56(80)58(97-64)63(86)87)71-59(82)35(7)68-61(84)53(32(2)3)72-60(83)46(31-98(91,92)93)69-51(78)21-23-76-47-19-16-34(6)24-40(47)52-36(8)74(10)73(9)28-49(52)76/h12-19,24-26,32-33,35-36,46,53,55-58,64,66,79-81,89-90H,11,20-23,27-31H2,1-10H3,(H,68,84)(H,69,78)(H,71,82)(H,72,83)(H,86,87)(H,91,92,93)/t35-,36?,46-,53-,55-,56-,57+,58-,64+,66?,67-/m0/s1. The molecule has 7 heterocycles. The van der Waals surface area contributed by atoms with E-state index in [1.165, 1.54) is 25.1 Å². The van der Waals surface area contributed by atoms with Gasteiger partial charge in [-0.1, -0.05) is 56.7 Å². The number of benzene rings is 3. The summed E-state index contributed by atoms with van der Waals surface area (Å²) in [6.45, 7) is 14.1. The molecular formula is C67H84N10O20S. The van der Waals surface area contributed by atoms with Crippen molar-refractivity contribution in [3.8, 4) is 17.1 Å². The largest absolute Gasteiger partial charge is 0.479 e. The van der Waals surface area contributed by atoms with E-state index >= 15 is 0 Å². The summed E-state index contributed by atoms with van der Waals surface area (Å²) in [7, 11) is -0.985. The minimum absolute atomic E-state index is 0.00404. The van der Waals surface area contributed by atoms with Gasteiger partial charge in [0.25, 0.3) is 15.7 Å². The van der Waals surface area contributed by atoms with Gasteiger partial charge in [-0.25, -0.2) is 24.6 Å². The number of carboxylic acids is 1. The summed E-state index contributed by atoms with van der Waals surface area (Å²) in [5.41, 5.74) is 5.04. The predicted molar refractivity (Wildman–Crippen MR) is 353 cm³/mol. The summed E-state index contributed by atoms with van der Waals surface area (Å²) in [5.74, 6) is -8.57. The number of amides is 4. The minimum atomic E-state index is -4.92. The van der Waals surface area contributed by atoms with E-state index in [1.54, 1.807) is 36.3 Å². The van der Waals surface area contributed by atoms with Crippen molar-refractivity contribution in [2.75, 3.05) is 31.7 Å². The number of rotatable bonds is 25. The number of aliphatic hydroxyl groups is 5. The number of anilines is 1. The molecule has 1 fully saturated rings. The van der Waals surface area contributed by atoms with Gasteiger partial charge in [-0.3, -0.25) is 33.4 Å². The van der Waals surface area contributed by atoms with Crippen LogP contribution in [0.15, 0.2) is 71.5 Å². The summed E-state index contributed by atoms with van der Waals surface area (Å²) in [6, 6.07) is 14.0. The fourth-order valence-electron chi connectivity index (χ4n) is 13.2. The average Bonchev–Trinajstić information content (AvgIpc) is 1.53. The fraction of sp³-hybridized carbons (Fsp3) is 0.493. The van der Waals surface area contributed by atoms with Crippen LogP contribution in [0.5, 0.6) is 5.75 Å². The number of aromatic nitrogens is 3. The van der Waals surface area contributed by atoms with Crippen LogP contribution >= 0.6 is 0 Å². The van der Waals surface area contributed by atoms with Crippen molar-refractivity contribution in [3.63, 3.8) is 0 Å². The molecule has 0 aliphatic carbocycles. The van der Waals surface area contributed by atoms with Crippen molar-refractivity contribution >= 4 is 73.2 Å². The normalized spacial score (nSPS) is 22.2. The molecule has 30 nitrogen and oxygen atoms in total. The molecule has 528 valence electrons. The molecule has 3 aromatic carbocycles. The Kier molecular flexibility index (Phi) is 21.3. The lowest BCUT2D eigenvalue weighted by atomic mass is 9.86. The third-order valence-corrected chi connectivity index (χ3v) is 19.6. The number of hydrogen-bond acceptors (Lipinski definition) is 22. The molecule has 2 unspecified atom stereocenters. The Labute approximate surface area is 564 Å². The first-order valence-electron chi connectivity index (χ1n) is 32.3. The quantitative estimate of drug-likeness (QED) is 0.0221. The molecule has 0 bridgehead atoms. The van der Waals surface area contributed by atoms with Crippen LogP contribution in [-0.4, -0.2) is 196 Å². The van der Waals surface area contributed by atoms with Gasteiger partial charge < -0.3 is 80.0 Å². The van der Waals surface area contributed by atoms with Crippen molar-refractivity contribution in [1.29, 1.82) is 0 Å². The van der Waals surface area contributed by atoms with Gasteiger partial charge in [0.2, 0.25) is 36.3 Å². The number of hydrogen-bond donors (Lipinski definition) is 11. The number of para-hydroxylation sites is 1. The van der Waals surface area contributed by atoms with Crippen molar-refractivity contribution < 1.29 is 91.3 Å². The SMILES string of the molecule is CC[C@@]1(O)C(=O)OCc2c1cc1n(c2=O)Cc2c-1nc1ccccc1c2CCN(C(C)C)C(O)OCc1ccc(NC(=O)[C@H](C)NC(=O)[C@@H](NC(=O)[C@H](CS(=O)(=O)O)NC(=O)CCn2c3c(c4cc(C)ccc42)C(C)N(C)N(C)C3)C(C)C)c(O[C@@H]2O[C@H](C(=O)O)[C@@H](O)[C@H](O)[C@H]2O)c1. The molecule has 0 saturated carbocycles. The highest BCUT2D eigenvalue weighted by Gasteiger charge is 2.49. The Morgan fingerprint density at radius 1 is 0.878 bits per heavy atom. The molecule has 6 aromatic rings. The van der Waals surface area contributed by atoms with Crippen molar-refractivity contribution in [3.05, 3.63) is 122 Å². The monoisotopic (exact) mass is 1380 g/mol. The van der Waals surface area contributed by atoms with E-state index in [2.05, 4.69) is 44.3 Å². The van der Waals surface area contributed by atoms with Gasteiger partial charge in [0.1, 0.15) is 54.5 Å². The van der Waals surface area contributed by atoms with Gasteiger partial charge in [-0.15, -0.1) is 0 Å². The van der Waals surface area contributed by atoms with E-state index in [4.69, 9.17) is 23.9 Å². The number of ether oxygens (including phenoxy) is 4. The second-order valence-electron chi connectivity index (χ2n) is 26.1. The summed E-state index contributed by atoms with van der Waals surface area (Å²) >= 11 is 0. The zero-order valence-electron chi connectivity index (χ0n) is 55.9. The Bertz CT molecular complexity index is 4290. The van der Waals surface area contributed by atoms with Crippen LogP contribution in [-0.2, 0) is 98.0 Å². The molecule has 11 N–H and O–H groups in total. The highest BCUT2D eigenvalue weighted by molar-refractivity contribution is 7.85. The van der Waals surface area contributed by atoms with Crippen LogP contribution in [0.4, 0.5) is 5.69 Å². The molecule has 1 saturated heterocycles. The molecular weight excluding hydrogens is 1300 g/mol. The summed E-state index contributed by atoms with van der Waals surface area (Å²) in [6.07, 6.45) is -11.9. The average molecular weight is 1380 g/mol. The Hall–Kier alpha value is -8.31. The first-order chi connectivity index (χ1) is 46.2. The topological polar surface area (TPSA) is 413 Å². The zero-order valence-corrected chi connectivity index (χ0v) is 56.7. The maximum atomic E-state index is 14.1. The Morgan fingerprint density at radius 3 is 2.29 bits per heavy atom. The lowest BCUT2D eigenvalue weighted by molar-refractivity contribution is -0.271. The lowest BCUT2D eigenvalue weighted by Crippen LogP contribution is -2.61. The second kappa shape index (κ2) is 28.9. The number of nitrogens with one attached hydrogen (secondary N) is 4. The van der Waals surface area contributed by atoms with E-state index in [1.807, 2.05) is 75.8 Å². The van der Waals surface area contributed by atoms with E-state index in [0.717, 1.165) is 44.2 Å². The predicted octanol–water partition coefficient (Wildman–Crippen LogP) is 1.76. The minimum Gasteiger partial charge on any atom is -0.479 e. The number of nitrogens with zero attached hydrogens (tertiary/aromatic N) is 6. The molecule has 4 aliphatic rings. The van der Waals surface area contributed by atoms with Crippen molar-refractivity contribution in [2.45, 2.75) is 180 Å². The third-order valence-electron chi connectivity index (χ3n) is 18.9. The lowest BCUT2D eigenvalue weighted by Gasteiger charge is -2.39. The molecule has 10 rings (SSSR count). The van der Waals surface area contributed by atoms with E-state index < -0.39 is 124 Å². The third kappa shape index (κ3) is 14.6. The first kappa shape index (κ1) is 72.4. The Balaban J connectivity index is 0.828. The smallest absolute Gasteiger partial charge is 0.343 e. The number of pyridine rings is 2. The van der Waals surface area contributed by atoms with Crippen LogP contribution in [0.2, 0.25) is 0 Å². The van der Waals surface area contributed by atoms with Gasteiger partial charge in [-0.05, 0) is 101 Å². The summed E-state index contributed by atoms with van der Waals surface area (Å²) in [4.78, 5) is 102. The number of aliphatic hydroxyl groups excluding tert-OH is 4. The van der Waals surface area contributed by atoms with Gasteiger partial charge in [-0.2, -0.15) is 8.42 Å². The van der Waals surface area contributed by atoms with E-state index in [-0.39, 0.29) is 85.9 Å². The van der Waals surface area contributed by atoms with E-state index in [0.29, 0.717) is 29.9 Å². The number of fused-ring (bicyclic) bond motifs is 8.